The van der Waals surface area contributed by atoms with Crippen molar-refractivity contribution in [2.75, 3.05) is 0 Å². The minimum atomic E-state index is -0.944. The maximum Gasteiger partial charge on any atom is 0.326 e. The predicted molar refractivity (Wildman–Crippen MR) is 64.7 cm³/mol. The number of aliphatic carboxylic acids is 1. The summed E-state index contributed by atoms with van der Waals surface area (Å²) in [6, 6.07) is 2.53. The highest BCUT2D eigenvalue weighted by molar-refractivity contribution is 5.93. The van der Waals surface area contributed by atoms with E-state index < -0.39 is 12.0 Å². The maximum atomic E-state index is 10.7. The van der Waals surface area contributed by atoms with E-state index in [-0.39, 0.29) is 11.8 Å². The van der Waals surface area contributed by atoms with Gasteiger partial charge in [0.05, 0.1) is 0 Å². The summed E-state index contributed by atoms with van der Waals surface area (Å²) < 4.78 is 0. The van der Waals surface area contributed by atoms with E-state index in [9.17, 15) is 14.4 Å². The Morgan fingerprint density at radius 3 is 2.42 bits per heavy atom. The molecule has 1 aromatic rings. The average molecular weight is 266 g/mol. The van der Waals surface area contributed by atoms with E-state index >= 15 is 0 Å². The van der Waals surface area contributed by atoms with Crippen molar-refractivity contribution in [1.29, 1.82) is 0 Å². The monoisotopic (exact) mass is 266 g/mol. The predicted octanol–water partition coefficient (Wildman–Crippen LogP) is -0.965. The minimum absolute atomic E-state index is 0.164. The highest BCUT2D eigenvalue weighted by Crippen LogP contribution is 2.05. The Kier molecular flexibility index (Phi) is 5.42. The summed E-state index contributed by atoms with van der Waals surface area (Å²) in [5.74, 6) is 3.47. The van der Waals surface area contributed by atoms with Crippen molar-refractivity contribution in [3.63, 3.8) is 0 Å². The maximum absolute atomic E-state index is 10.7. The number of nitrogens with two attached hydrogens (primary N) is 1. The molecule has 2 amide bonds. The molecule has 1 saturated heterocycles. The van der Waals surface area contributed by atoms with Gasteiger partial charge in [-0.25, -0.2) is 10.6 Å². The van der Waals surface area contributed by atoms with Gasteiger partial charge in [-0.15, -0.1) is 0 Å². The van der Waals surface area contributed by atoms with Crippen LogP contribution in [0.1, 0.15) is 23.2 Å². The number of hydrazine groups is 1. The van der Waals surface area contributed by atoms with E-state index in [4.69, 9.17) is 10.9 Å². The molecule has 0 aromatic carbocycles. The van der Waals surface area contributed by atoms with Crippen LogP contribution in [0.25, 0.3) is 0 Å². The highest BCUT2D eigenvalue weighted by Gasteiger charge is 2.26. The van der Waals surface area contributed by atoms with Crippen LogP contribution in [0.2, 0.25) is 0 Å². The lowest BCUT2D eigenvalue weighted by Gasteiger charge is -1.99. The summed E-state index contributed by atoms with van der Waals surface area (Å²) in [4.78, 5) is 35.0. The lowest BCUT2D eigenvalue weighted by Crippen LogP contribution is -2.32. The molecule has 0 spiro atoms. The van der Waals surface area contributed by atoms with Gasteiger partial charge in [-0.1, -0.05) is 0 Å². The van der Waals surface area contributed by atoms with Gasteiger partial charge in [-0.2, -0.15) is 0 Å². The molecular formula is C11H14N4O4. The molecule has 2 rings (SSSR count). The Hall–Kier alpha value is -2.48. The molecule has 8 heteroatoms. The van der Waals surface area contributed by atoms with Gasteiger partial charge in [0.15, 0.2) is 0 Å². The fraction of sp³-hybridized carbons (Fsp3) is 0.273. The molecule has 0 bridgehead atoms. The number of hydrogen-bond acceptors (Lipinski definition) is 5. The lowest BCUT2D eigenvalue weighted by atomic mass is 10.2. The molecule has 1 aliphatic heterocycles. The lowest BCUT2D eigenvalue weighted by molar-refractivity contribution is -0.140. The zero-order valence-corrected chi connectivity index (χ0v) is 10.00. The second-order valence-corrected chi connectivity index (χ2v) is 3.71. The molecule has 1 atom stereocenters. The van der Waals surface area contributed by atoms with Gasteiger partial charge in [-0.05, 0) is 18.6 Å². The second kappa shape index (κ2) is 7.07. The first-order valence-electron chi connectivity index (χ1n) is 5.47. The molecule has 1 fully saturated rings. The number of nitrogen functional groups attached to an aromatic ring is 1. The molecule has 2 heterocycles. The van der Waals surface area contributed by atoms with Crippen LogP contribution in [0, 0.1) is 0 Å². The molecule has 0 unspecified atom stereocenters. The van der Waals surface area contributed by atoms with Crippen LogP contribution in [0.15, 0.2) is 24.5 Å². The normalized spacial score (nSPS) is 16.9. The van der Waals surface area contributed by atoms with Crippen LogP contribution in [0.4, 0.5) is 0 Å². The number of carbonyl (C=O) groups is 3. The fourth-order valence-electron chi connectivity index (χ4n) is 1.39. The number of amides is 2. The summed E-state index contributed by atoms with van der Waals surface area (Å²) in [7, 11) is 0. The van der Waals surface area contributed by atoms with Crippen LogP contribution in [-0.4, -0.2) is 33.9 Å². The third-order valence-corrected chi connectivity index (χ3v) is 2.37. The Balaban J connectivity index is 0.000000191. The molecule has 1 aromatic heterocycles. The summed E-state index contributed by atoms with van der Waals surface area (Å²) in [6.07, 6.45) is 3.83. The number of nitrogens with zero attached hydrogens (tertiary/aromatic N) is 1. The smallest absolute Gasteiger partial charge is 0.326 e. The van der Waals surface area contributed by atoms with Crippen molar-refractivity contribution >= 4 is 17.8 Å². The number of carboxylic acid groups (broad SMARTS) is 1. The summed E-state index contributed by atoms with van der Waals surface area (Å²) in [6.45, 7) is 0. The van der Waals surface area contributed by atoms with Crippen LogP contribution in [0.3, 0.4) is 0 Å². The first-order valence-corrected chi connectivity index (χ1v) is 5.47. The average Bonchev–Trinajstić information content (AvgIpc) is 2.86. The third-order valence-electron chi connectivity index (χ3n) is 2.37. The van der Waals surface area contributed by atoms with Crippen molar-refractivity contribution in [2.24, 2.45) is 5.84 Å². The SMILES string of the molecule is NNC(=O)c1ccncc1.O=C1CC[C@@H](C(=O)O)N1. The Morgan fingerprint density at radius 1 is 1.42 bits per heavy atom. The molecule has 19 heavy (non-hydrogen) atoms. The van der Waals surface area contributed by atoms with E-state index in [0.717, 1.165) is 0 Å². The fourth-order valence-corrected chi connectivity index (χ4v) is 1.39. The van der Waals surface area contributed by atoms with Gasteiger partial charge in [-0.3, -0.25) is 20.0 Å². The zero-order valence-electron chi connectivity index (χ0n) is 10.00. The summed E-state index contributed by atoms with van der Waals surface area (Å²) >= 11 is 0. The molecule has 0 saturated carbocycles. The number of carbonyl (C=O) groups excluding carboxylic acids is 2. The van der Waals surface area contributed by atoms with Crippen LogP contribution in [0.5, 0.6) is 0 Å². The molecule has 0 aliphatic carbocycles. The summed E-state index contributed by atoms with van der Waals surface area (Å²) in [5.41, 5.74) is 2.53. The first kappa shape index (κ1) is 14.6. The van der Waals surface area contributed by atoms with E-state index in [1.165, 1.54) is 12.4 Å². The van der Waals surface area contributed by atoms with Gasteiger partial charge < -0.3 is 10.4 Å². The zero-order chi connectivity index (χ0) is 14.3. The standard InChI is InChI=1S/C6H7N3O.C5H7NO3/c7-9-6(10)5-1-3-8-4-2-5;7-4-2-1-3(6-4)5(8)9/h1-4H,7H2,(H,9,10);3H,1-2H2,(H,6,7)(H,8,9)/t;3-/m.0/s1. The molecular weight excluding hydrogens is 252 g/mol. The largest absolute Gasteiger partial charge is 0.480 e. The third kappa shape index (κ3) is 4.72. The minimum Gasteiger partial charge on any atom is -0.480 e. The summed E-state index contributed by atoms with van der Waals surface area (Å²) in [5, 5.41) is 10.6. The Bertz CT molecular complexity index is 463. The first-order chi connectivity index (χ1) is 9.04. The van der Waals surface area contributed by atoms with E-state index in [0.29, 0.717) is 18.4 Å². The van der Waals surface area contributed by atoms with Gasteiger partial charge in [0, 0.05) is 24.4 Å². The van der Waals surface area contributed by atoms with Crippen LogP contribution in [-0.2, 0) is 9.59 Å². The van der Waals surface area contributed by atoms with Crippen molar-refractivity contribution in [3.05, 3.63) is 30.1 Å². The highest BCUT2D eigenvalue weighted by atomic mass is 16.4. The molecule has 0 radical (unpaired) electrons. The van der Waals surface area contributed by atoms with Gasteiger partial charge in [0.25, 0.3) is 5.91 Å². The Labute approximate surface area is 109 Å². The van der Waals surface area contributed by atoms with Crippen molar-refractivity contribution in [2.45, 2.75) is 18.9 Å². The van der Waals surface area contributed by atoms with E-state index in [1.54, 1.807) is 12.1 Å². The number of pyridine rings is 1. The number of nitrogens with one attached hydrogen (secondary N) is 2. The number of rotatable bonds is 2. The van der Waals surface area contributed by atoms with Crippen molar-refractivity contribution in [1.82, 2.24) is 15.7 Å². The molecule has 102 valence electrons. The van der Waals surface area contributed by atoms with E-state index in [1.807, 2.05) is 5.43 Å². The van der Waals surface area contributed by atoms with E-state index in [2.05, 4.69) is 10.3 Å². The second-order valence-electron chi connectivity index (χ2n) is 3.71. The quantitative estimate of drug-likeness (QED) is 0.309. The molecule has 5 N–H and O–H groups in total. The molecule has 8 nitrogen and oxygen atoms in total. The number of carboxylic acids is 1. The van der Waals surface area contributed by atoms with Crippen LogP contribution >= 0.6 is 0 Å². The van der Waals surface area contributed by atoms with Gasteiger partial charge in [0.1, 0.15) is 6.04 Å². The van der Waals surface area contributed by atoms with Gasteiger partial charge in [0.2, 0.25) is 5.91 Å². The topological polar surface area (TPSA) is 134 Å². The molecule has 1 aliphatic rings. The van der Waals surface area contributed by atoms with Gasteiger partial charge >= 0.3 is 5.97 Å². The number of aromatic nitrogens is 1. The Morgan fingerprint density at radius 2 is 2.05 bits per heavy atom. The van der Waals surface area contributed by atoms with Crippen LogP contribution < -0.4 is 16.6 Å². The number of hydrogen-bond donors (Lipinski definition) is 4. The van der Waals surface area contributed by atoms with Crippen molar-refractivity contribution < 1.29 is 19.5 Å². The van der Waals surface area contributed by atoms with Crippen molar-refractivity contribution in [3.8, 4) is 0 Å².